The number of aryl methyl sites for hydroxylation is 1. The van der Waals surface area contributed by atoms with Crippen LogP contribution in [-0.2, 0) is 21.2 Å². The van der Waals surface area contributed by atoms with Crippen LogP contribution in [-0.4, -0.2) is 37.8 Å². The second-order valence-corrected chi connectivity index (χ2v) is 9.60. The van der Waals surface area contributed by atoms with Crippen LogP contribution < -0.4 is 4.72 Å². The lowest BCUT2D eigenvalue weighted by molar-refractivity contribution is 0.0597. The summed E-state index contributed by atoms with van der Waals surface area (Å²) in [6.07, 6.45) is 4.72. The number of phenolic OH excluding ortho intramolecular Hbond substituents is 1. The van der Waals surface area contributed by atoms with E-state index in [-0.39, 0.29) is 16.2 Å². The topological polar surface area (TPSA) is 113 Å². The molecule has 3 N–H and O–H groups in total. The number of aromatic hydroxyl groups is 1. The van der Waals surface area contributed by atoms with Crippen molar-refractivity contribution in [3.8, 4) is 5.75 Å². The fourth-order valence-electron chi connectivity index (χ4n) is 3.60. The zero-order valence-electron chi connectivity index (χ0n) is 17.8. The molecule has 0 heterocycles. The minimum Gasteiger partial charge on any atom is -0.507 e. The highest BCUT2D eigenvalue weighted by atomic mass is 32.2. The van der Waals surface area contributed by atoms with Crippen molar-refractivity contribution in [3.63, 3.8) is 0 Å². The average molecular weight is 448 g/mol. The van der Waals surface area contributed by atoms with Gasteiger partial charge in [0.1, 0.15) is 11.3 Å². The molecule has 0 aromatic heterocycles. The Bertz CT molecular complexity index is 1050. The normalized spacial score (nSPS) is 15.2. The molecule has 2 aromatic rings. The zero-order chi connectivity index (χ0) is 22.6. The summed E-state index contributed by atoms with van der Waals surface area (Å²) in [6, 6.07) is 9.21. The molecule has 1 fully saturated rings. The van der Waals surface area contributed by atoms with Crippen LogP contribution >= 0.6 is 0 Å². The van der Waals surface area contributed by atoms with Gasteiger partial charge in [0.25, 0.3) is 10.0 Å². The van der Waals surface area contributed by atoms with Crippen LogP contribution in [0.25, 0.3) is 0 Å². The van der Waals surface area contributed by atoms with Crippen LogP contribution in [0.15, 0.2) is 41.3 Å². The Morgan fingerprint density at radius 2 is 1.97 bits per heavy atom. The molecule has 0 amide bonds. The second kappa shape index (κ2) is 9.70. The Hall–Kier alpha value is -2.58. The van der Waals surface area contributed by atoms with Crippen molar-refractivity contribution in [3.05, 3.63) is 53.1 Å². The highest BCUT2D eigenvalue weighted by molar-refractivity contribution is 7.92. The van der Waals surface area contributed by atoms with Gasteiger partial charge in [-0.1, -0.05) is 25.5 Å². The van der Waals surface area contributed by atoms with E-state index < -0.39 is 22.1 Å². The third-order valence-corrected chi connectivity index (χ3v) is 7.22. The summed E-state index contributed by atoms with van der Waals surface area (Å²) in [5.74, 6) is -0.682. The Morgan fingerprint density at radius 3 is 2.58 bits per heavy atom. The monoisotopic (exact) mass is 447 g/mol. The summed E-state index contributed by atoms with van der Waals surface area (Å²) in [5, 5.41) is 19.8. The third-order valence-electron chi connectivity index (χ3n) is 5.85. The molecule has 1 aliphatic carbocycles. The molecule has 0 bridgehead atoms. The van der Waals surface area contributed by atoms with E-state index in [2.05, 4.69) is 9.46 Å². The number of nitrogens with one attached hydrogen (secondary N) is 1. The largest absolute Gasteiger partial charge is 0.507 e. The lowest BCUT2D eigenvalue weighted by atomic mass is 9.79. The maximum absolute atomic E-state index is 13.0. The molecule has 0 unspecified atom stereocenters. The number of aliphatic hydroxyl groups excluding tert-OH is 1. The van der Waals surface area contributed by atoms with E-state index in [1.54, 1.807) is 6.07 Å². The second-order valence-electron chi connectivity index (χ2n) is 7.92. The van der Waals surface area contributed by atoms with Gasteiger partial charge in [-0.3, -0.25) is 4.72 Å². The lowest BCUT2D eigenvalue weighted by Gasteiger charge is -2.27. The van der Waals surface area contributed by atoms with E-state index in [0.717, 1.165) is 37.6 Å². The number of rotatable bonds is 9. The van der Waals surface area contributed by atoms with E-state index >= 15 is 0 Å². The SMILES string of the molecule is CC[C@H](O)CCc1cc(C2CCC2)ccc1NS(=O)(=O)c1ccc(O)c(C(=O)OC)c1. The van der Waals surface area contributed by atoms with E-state index in [4.69, 9.17) is 0 Å². The highest BCUT2D eigenvalue weighted by Gasteiger charge is 2.23. The molecule has 1 saturated carbocycles. The van der Waals surface area contributed by atoms with Crippen LogP contribution in [0, 0.1) is 0 Å². The number of methoxy groups -OCH3 is 1. The molecule has 168 valence electrons. The van der Waals surface area contributed by atoms with Gasteiger partial charge in [0.05, 0.1) is 23.8 Å². The fraction of sp³-hybridized carbons (Fsp3) is 0.435. The molecule has 7 nitrogen and oxygen atoms in total. The zero-order valence-corrected chi connectivity index (χ0v) is 18.6. The van der Waals surface area contributed by atoms with Crippen molar-refractivity contribution in [1.29, 1.82) is 0 Å². The molecular weight excluding hydrogens is 418 g/mol. The third kappa shape index (κ3) is 5.37. The first-order valence-electron chi connectivity index (χ1n) is 10.5. The van der Waals surface area contributed by atoms with Gasteiger partial charge in [-0.25, -0.2) is 13.2 Å². The molecule has 1 atom stereocenters. The highest BCUT2D eigenvalue weighted by Crippen LogP contribution is 2.38. The number of carbonyl (C=O) groups excluding carboxylic acids is 1. The number of hydrogen-bond acceptors (Lipinski definition) is 6. The summed E-state index contributed by atoms with van der Waals surface area (Å²) in [4.78, 5) is 11.7. The number of benzene rings is 2. The van der Waals surface area contributed by atoms with Gasteiger partial charge in [-0.15, -0.1) is 0 Å². The van der Waals surface area contributed by atoms with Crippen molar-refractivity contribution in [1.82, 2.24) is 0 Å². The van der Waals surface area contributed by atoms with Gasteiger partial charge in [0.2, 0.25) is 0 Å². The summed E-state index contributed by atoms with van der Waals surface area (Å²) in [5.41, 5.74) is 2.23. The smallest absolute Gasteiger partial charge is 0.341 e. The maximum atomic E-state index is 13.0. The van der Waals surface area contributed by atoms with Crippen molar-refractivity contribution in [2.75, 3.05) is 11.8 Å². The van der Waals surface area contributed by atoms with E-state index in [1.807, 2.05) is 19.1 Å². The summed E-state index contributed by atoms with van der Waals surface area (Å²) in [7, 11) is -2.86. The first-order chi connectivity index (χ1) is 14.7. The van der Waals surface area contributed by atoms with E-state index in [1.165, 1.54) is 18.1 Å². The summed E-state index contributed by atoms with van der Waals surface area (Å²) in [6.45, 7) is 1.91. The quantitative estimate of drug-likeness (QED) is 0.502. The molecule has 3 rings (SSSR count). The molecule has 31 heavy (non-hydrogen) atoms. The Balaban J connectivity index is 1.91. The van der Waals surface area contributed by atoms with Crippen molar-refractivity contribution < 1.29 is 28.2 Å². The first kappa shape index (κ1) is 23.1. The number of hydrogen-bond donors (Lipinski definition) is 3. The Morgan fingerprint density at radius 1 is 1.23 bits per heavy atom. The van der Waals surface area contributed by atoms with Crippen molar-refractivity contribution >= 4 is 21.7 Å². The molecule has 2 aromatic carbocycles. The lowest BCUT2D eigenvalue weighted by Crippen LogP contribution is -2.17. The van der Waals surface area contributed by atoms with Crippen LogP contribution in [0.2, 0.25) is 0 Å². The number of sulfonamides is 1. The molecule has 0 spiro atoms. The standard InChI is InChI=1S/C23H29NO6S/c1-3-18(25)9-7-17-13-16(15-5-4-6-15)8-11-21(17)24-31(28,29)19-10-12-22(26)20(14-19)23(27)30-2/h8,10-15,18,24-26H,3-7,9H2,1-2H3/t18-/m0/s1. The van der Waals surface area contributed by atoms with E-state index in [9.17, 15) is 23.4 Å². The van der Waals surface area contributed by atoms with Crippen LogP contribution in [0.3, 0.4) is 0 Å². The number of esters is 1. The number of carbonyl (C=O) groups is 1. The first-order valence-corrected chi connectivity index (χ1v) is 12.0. The minimum atomic E-state index is -4.02. The van der Waals surface area contributed by atoms with Gasteiger partial charge in [0.15, 0.2) is 0 Å². The minimum absolute atomic E-state index is 0.159. The molecule has 0 saturated heterocycles. The van der Waals surface area contributed by atoms with Gasteiger partial charge < -0.3 is 14.9 Å². The van der Waals surface area contributed by atoms with Gasteiger partial charge >= 0.3 is 5.97 Å². The maximum Gasteiger partial charge on any atom is 0.341 e. The van der Waals surface area contributed by atoms with Crippen LogP contribution in [0.4, 0.5) is 5.69 Å². The Labute approximate surface area is 183 Å². The predicted molar refractivity (Wildman–Crippen MR) is 118 cm³/mol. The molecule has 8 heteroatoms. The molecule has 1 aliphatic rings. The van der Waals surface area contributed by atoms with Crippen molar-refractivity contribution in [2.24, 2.45) is 0 Å². The molecule has 0 aliphatic heterocycles. The number of phenols is 1. The Kier molecular flexibility index (Phi) is 7.23. The summed E-state index contributed by atoms with van der Waals surface area (Å²) < 4.78 is 33.2. The number of anilines is 1. The number of ether oxygens (including phenoxy) is 1. The van der Waals surface area contributed by atoms with Gasteiger partial charge in [0, 0.05) is 0 Å². The van der Waals surface area contributed by atoms with Crippen LogP contribution in [0.5, 0.6) is 5.75 Å². The summed E-state index contributed by atoms with van der Waals surface area (Å²) >= 11 is 0. The molecular formula is C23H29NO6S. The average Bonchev–Trinajstić information content (AvgIpc) is 2.71. The fourth-order valence-corrected chi connectivity index (χ4v) is 4.73. The molecule has 0 radical (unpaired) electrons. The number of aliphatic hydroxyl groups is 1. The predicted octanol–water partition coefficient (Wildman–Crippen LogP) is 3.95. The van der Waals surface area contributed by atoms with Gasteiger partial charge in [-0.2, -0.15) is 0 Å². The van der Waals surface area contributed by atoms with Crippen LogP contribution in [0.1, 0.15) is 66.4 Å². The van der Waals surface area contributed by atoms with E-state index in [0.29, 0.717) is 30.9 Å². The van der Waals surface area contributed by atoms with Gasteiger partial charge in [-0.05, 0) is 73.4 Å². The van der Waals surface area contributed by atoms with Crippen molar-refractivity contribution in [2.45, 2.75) is 62.4 Å².